The number of hydrogen-bond acceptors (Lipinski definition) is 3. The van der Waals surface area contributed by atoms with E-state index in [-0.39, 0.29) is 5.41 Å². The lowest BCUT2D eigenvalue weighted by Crippen LogP contribution is -2.57. The van der Waals surface area contributed by atoms with Gasteiger partial charge in [0, 0.05) is 5.41 Å². The third-order valence-corrected chi connectivity index (χ3v) is 5.94. The van der Waals surface area contributed by atoms with Crippen LogP contribution in [0.15, 0.2) is 12.7 Å². The van der Waals surface area contributed by atoms with Crippen LogP contribution in [0.25, 0.3) is 0 Å². The quantitative estimate of drug-likeness (QED) is 0.572. The third kappa shape index (κ3) is 1.89. The predicted molar refractivity (Wildman–Crippen MR) is 72.7 cm³/mol. The summed E-state index contributed by atoms with van der Waals surface area (Å²) in [6.45, 7) is 5.96. The van der Waals surface area contributed by atoms with E-state index >= 15 is 0 Å². The summed E-state index contributed by atoms with van der Waals surface area (Å²) in [5.41, 5.74) is -0.492. The number of methoxy groups -OCH3 is 1. The van der Waals surface area contributed by atoms with Crippen molar-refractivity contribution in [2.24, 2.45) is 23.2 Å². The van der Waals surface area contributed by atoms with Crippen LogP contribution in [-0.2, 0) is 9.47 Å². The summed E-state index contributed by atoms with van der Waals surface area (Å²) in [5, 5.41) is 0. The smallest absolute Gasteiger partial charge is 0.438 e. The Hall–Kier alpha value is -0.990. The molecule has 0 amide bonds. The van der Waals surface area contributed by atoms with Crippen molar-refractivity contribution in [2.75, 3.05) is 7.11 Å². The SMILES string of the molecule is C=C[C@](C)(OC(=O)OC)C12CC3CC(CC(C3)C1)C2. The highest BCUT2D eigenvalue weighted by molar-refractivity contribution is 5.60. The monoisotopic (exact) mass is 264 g/mol. The van der Waals surface area contributed by atoms with Crippen LogP contribution in [0, 0.1) is 23.2 Å². The number of carbonyl (C=O) groups excluding carboxylic acids is 1. The van der Waals surface area contributed by atoms with Gasteiger partial charge in [-0.15, -0.1) is 0 Å². The summed E-state index contributed by atoms with van der Waals surface area (Å²) in [4.78, 5) is 11.6. The minimum absolute atomic E-state index is 0.0949. The van der Waals surface area contributed by atoms with Crippen molar-refractivity contribution in [1.29, 1.82) is 0 Å². The van der Waals surface area contributed by atoms with Crippen LogP contribution in [0.2, 0.25) is 0 Å². The predicted octanol–water partition coefficient (Wildman–Crippen LogP) is 3.93. The molecule has 0 unspecified atom stereocenters. The van der Waals surface area contributed by atoms with Gasteiger partial charge in [0.2, 0.25) is 0 Å². The van der Waals surface area contributed by atoms with Gasteiger partial charge in [-0.05, 0) is 69.3 Å². The Morgan fingerprint density at radius 3 is 2.05 bits per heavy atom. The number of hydrogen-bond donors (Lipinski definition) is 0. The molecule has 3 nitrogen and oxygen atoms in total. The molecule has 4 rings (SSSR count). The van der Waals surface area contributed by atoms with Gasteiger partial charge in [-0.2, -0.15) is 0 Å². The first kappa shape index (κ1) is 13.0. The van der Waals surface area contributed by atoms with E-state index in [4.69, 9.17) is 9.47 Å². The van der Waals surface area contributed by atoms with E-state index in [1.165, 1.54) is 45.6 Å². The Bertz CT molecular complexity index is 366. The van der Waals surface area contributed by atoms with Gasteiger partial charge in [-0.25, -0.2) is 4.79 Å². The van der Waals surface area contributed by atoms with Crippen molar-refractivity contribution in [3.63, 3.8) is 0 Å². The topological polar surface area (TPSA) is 35.5 Å². The maximum Gasteiger partial charge on any atom is 0.508 e. The van der Waals surface area contributed by atoms with Crippen molar-refractivity contribution in [3.05, 3.63) is 12.7 Å². The summed E-state index contributed by atoms with van der Waals surface area (Å²) in [7, 11) is 1.37. The molecular formula is C16H24O3. The fourth-order valence-corrected chi connectivity index (χ4v) is 5.30. The van der Waals surface area contributed by atoms with Crippen LogP contribution in [0.3, 0.4) is 0 Å². The number of rotatable bonds is 3. The lowest BCUT2D eigenvalue weighted by atomic mass is 9.45. The molecular weight excluding hydrogens is 240 g/mol. The summed E-state index contributed by atoms with van der Waals surface area (Å²) in [5.74, 6) is 2.48. The van der Waals surface area contributed by atoms with E-state index in [0.29, 0.717) is 0 Å². The Kier molecular flexibility index (Phi) is 2.91. The molecule has 0 aromatic carbocycles. The van der Waals surface area contributed by atoms with Gasteiger partial charge < -0.3 is 9.47 Å². The second-order valence-corrected chi connectivity index (χ2v) is 7.07. The molecule has 3 heteroatoms. The maximum absolute atomic E-state index is 11.6. The van der Waals surface area contributed by atoms with Crippen molar-refractivity contribution >= 4 is 6.16 Å². The van der Waals surface area contributed by atoms with Crippen molar-refractivity contribution < 1.29 is 14.3 Å². The average molecular weight is 264 g/mol. The Morgan fingerprint density at radius 2 is 1.68 bits per heavy atom. The summed E-state index contributed by atoms with van der Waals surface area (Å²) in [6.07, 6.45) is 8.92. The van der Waals surface area contributed by atoms with Gasteiger partial charge in [0.05, 0.1) is 7.11 Å². The van der Waals surface area contributed by atoms with E-state index in [0.717, 1.165) is 17.8 Å². The third-order valence-electron chi connectivity index (χ3n) is 5.94. The molecule has 0 radical (unpaired) electrons. The fraction of sp³-hybridized carbons (Fsp3) is 0.812. The molecule has 4 aliphatic carbocycles. The van der Waals surface area contributed by atoms with Crippen molar-refractivity contribution in [2.45, 2.75) is 51.0 Å². The van der Waals surface area contributed by atoms with E-state index < -0.39 is 11.8 Å². The molecule has 0 aromatic heterocycles. The van der Waals surface area contributed by atoms with Gasteiger partial charge in [0.25, 0.3) is 0 Å². The molecule has 0 N–H and O–H groups in total. The highest BCUT2D eigenvalue weighted by atomic mass is 16.7. The van der Waals surface area contributed by atoms with Gasteiger partial charge in [-0.1, -0.05) is 6.58 Å². The number of ether oxygens (including phenoxy) is 2. The van der Waals surface area contributed by atoms with Gasteiger partial charge >= 0.3 is 6.16 Å². The van der Waals surface area contributed by atoms with E-state index in [1.54, 1.807) is 0 Å². The average Bonchev–Trinajstić information content (AvgIpc) is 2.36. The molecule has 4 saturated carbocycles. The van der Waals surface area contributed by atoms with E-state index in [1.807, 2.05) is 13.0 Å². The van der Waals surface area contributed by atoms with Gasteiger partial charge in [-0.3, -0.25) is 0 Å². The largest absolute Gasteiger partial charge is 0.508 e. The Balaban J connectivity index is 1.89. The zero-order valence-electron chi connectivity index (χ0n) is 12.0. The van der Waals surface area contributed by atoms with Gasteiger partial charge in [0.15, 0.2) is 0 Å². The summed E-state index contributed by atoms with van der Waals surface area (Å²) in [6, 6.07) is 0. The highest BCUT2D eigenvalue weighted by Crippen LogP contribution is 2.64. The number of carbonyl (C=O) groups is 1. The summed E-state index contributed by atoms with van der Waals surface area (Å²) < 4.78 is 10.3. The minimum Gasteiger partial charge on any atom is -0.438 e. The second-order valence-electron chi connectivity index (χ2n) is 7.07. The minimum atomic E-state index is -0.587. The van der Waals surface area contributed by atoms with E-state index in [2.05, 4.69) is 6.58 Å². The van der Waals surface area contributed by atoms with Crippen LogP contribution in [0.4, 0.5) is 4.79 Å². The molecule has 4 aliphatic rings. The molecule has 0 heterocycles. The molecule has 106 valence electrons. The molecule has 1 atom stereocenters. The first-order chi connectivity index (χ1) is 9.00. The highest BCUT2D eigenvalue weighted by Gasteiger charge is 2.59. The van der Waals surface area contributed by atoms with Gasteiger partial charge in [0.1, 0.15) is 5.60 Å². The molecule has 0 spiro atoms. The zero-order chi connectivity index (χ0) is 13.7. The molecule has 0 aromatic rings. The lowest BCUT2D eigenvalue weighted by Gasteiger charge is -2.61. The fourth-order valence-electron chi connectivity index (χ4n) is 5.30. The van der Waals surface area contributed by atoms with E-state index in [9.17, 15) is 4.79 Å². The first-order valence-electron chi connectivity index (χ1n) is 7.41. The molecule has 0 saturated heterocycles. The molecule has 19 heavy (non-hydrogen) atoms. The van der Waals surface area contributed by atoms with Crippen LogP contribution in [0.5, 0.6) is 0 Å². The second kappa shape index (κ2) is 4.26. The van der Waals surface area contributed by atoms with Crippen LogP contribution in [-0.4, -0.2) is 18.9 Å². The normalized spacial score (nSPS) is 42.5. The Morgan fingerprint density at radius 1 is 1.21 bits per heavy atom. The Labute approximate surface area is 115 Å². The molecule has 4 bridgehead atoms. The zero-order valence-corrected chi connectivity index (χ0v) is 12.0. The maximum atomic E-state index is 11.6. The molecule has 0 aliphatic heterocycles. The molecule has 4 fully saturated rings. The van der Waals surface area contributed by atoms with Crippen molar-refractivity contribution in [3.8, 4) is 0 Å². The van der Waals surface area contributed by atoms with Crippen LogP contribution in [0.1, 0.15) is 45.4 Å². The van der Waals surface area contributed by atoms with Crippen molar-refractivity contribution in [1.82, 2.24) is 0 Å². The lowest BCUT2D eigenvalue weighted by molar-refractivity contribution is -0.157. The summed E-state index contributed by atoms with van der Waals surface area (Å²) >= 11 is 0. The first-order valence-corrected chi connectivity index (χ1v) is 7.41. The van der Waals surface area contributed by atoms with Crippen LogP contribution < -0.4 is 0 Å². The van der Waals surface area contributed by atoms with Crippen LogP contribution >= 0.6 is 0 Å². The standard InChI is InChI=1S/C16H24O3/c1-4-15(2,19-14(17)18-3)16-8-11-5-12(9-16)7-13(6-11)10-16/h4,11-13H,1,5-10H2,2-3H3/t11?,12?,13?,15-,16?/m0/s1.